The Labute approximate surface area is 108 Å². The molecule has 0 aromatic carbocycles. The Hall–Kier alpha value is -1.94. The molecule has 4 nitrogen and oxygen atoms in total. The van der Waals surface area contributed by atoms with E-state index in [9.17, 15) is 9.59 Å². The monoisotopic (exact) mass is 250 g/mol. The first-order valence-corrected chi connectivity index (χ1v) is 5.77. The molecule has 98 valence electrons. The van der Waals surface area contributed by atoms with Crippen LogP contribution in [0.15, 0.2) is 0 Å². The van der Waals surface area contributed by atoms with Crippen molar-refractivity contribution in [2.75, 3.05) is 13.2 Å². The van der Waals surface area contributed by atoms with Gasteiger partial charge in [0.25, 0.3) is 0 Å². The van der Waals surface area contributed by atoms with Gasteiger partial charge < -0.3 is 9.47 Å². The summed E-state index contributed by atoms with van der Waals surface area (Å²) in [7, 11) is 0. The fourth-order valence-electron chi connectivity index (χ4n) is 0.721. The first-order chi connectivity index (χ1) is 8.41. The molecule has 0 saturated carbocycles. The van der Waals surface area contributed by atoms with E-state index in [-0.39, 0.29) is 11.8 Å². The van der Waals surface area contributed by atoms with Gasteiger partial charge in [-0.2, -0.15) is 0 Å². The lowest BCUT2D eigenvalue weighted by Gasteiger charge is -2.02. The summed E-state index contributed by atoms with van der Waals surface area (Å²) < 4.78 is 9.59. The minimum absolute atomic E-state index is 0.257. The fourth-order valence-corrected chi connectivity index (χ4v) is 0.721. The largest absolute Gasteiger partial charge is 0.456 e. The molecule has 0 aliphatic heterocycles. The van der Waals surface area contributed by atoms with Gasteiger partial charge in [-0.05, 0) is 23.7 Å². The summed E-state index contributed by atoms with van der Waals surface area (Å²) in [6.07, 6.45) is 0. The number of carbonyl (C=O) groups excluding carboxylic acids is 2. The molecule has 0 aliphatic carbocycles. The van der Waals surface area contributed by atoms with Crippen molar-refractivity contribution in [2.45, 2.75) is 27.7 Å². The minimum Gasteiger partial charge on any atom is -0.456 e. The van der Waals surface area contributed by atoms with E-state index in [2.05, 4.69) is 23.7 Å². The van der Waals surface area contributed by atoms with Crippen LogP contribution in [0, 0.1) is 35.5 Å². The van der Waals surface area contributed by atoms with Crippen LogP contribution in [-0.4, -0.2) is 25.2 Å². The van der Waals surface area contributed by atoms with Gasteiger partial charge in [0.2, 0.25) is 0 Å². The predicted octanol–water partition coefficient (Wildman–Crippen LogP) is 1.39. The molecule has 0 bridgehead atoms. The third-order valence-corrected chi connectivity index (χ3v) is 1.49. The highest BCUT2D eigenvalue weighted by Gasteiger charge is 1.99. The number of esters is 2. The van der Waals surface area contributed by atoms with Crippen LogP contribution >= 0.6 is 0 Å². The molecule has 0 atom stereocenters. The maximum absolute atomic E-state index is 11.0. The smallest absolute Gasteiger partial charge is 0.385 e. The van der Waals surface area contributed by atoms with Gasteiger partial charge in [-0.15, -0.1) is 0 Å². The molecule has 0 amide bonds. The van der Waals surface area contributed by atoms with Gasteiger partial charge in [0.05, 0.1) is 13.2 Å². The van der Waals surface area contributed by atoms with Crippen LogP contribution in [0.4, 0.5) is 0 Å². The van der Waals surface area contributed by atoms with Crippen LogP contribution < -0.4 is 0 Å². The Morgan fingerprint density at radius 2 is 1.17 bits per heavy atom. The standard InChI is InChI=1S/C14H18O4/c1-11(2)9-17-13(15)7-5-6-8-14(16)18-10-12(3)4/h11-12H,9-10H2,1-4H3. The maximum Gasteiger partial charge on any atom is 0.385 e. The SMILES string of the molecule is CC(C)COC(=O)C#CC#CC(=O)OCC(C)C. The average molecular weight is 250 g/mol. The molecule has 0 aromatic heterocycles. The molecule has 0 heterocycles. The number of hydrogen-bond acceptors (Lipinski definition) is 4. The van der Waals surface area contributed by atoms with Crippen LogP contribution in [0.3, 0.4) is 0 Å². The van der Waals surface area contributed by atoms with Crippen molar-refractivity contribution >= 4 is 11.9 Å². The van der Waals surface area contributed by atoms with Gasteiger partial charge in [-0.1, -0.05) is 27.7 Å². The highest BCUT2D eigenvalue weighted by atomic mass is 16.5. The first kappa shape index (κ1) is 16.1. The molecule has 0 fully saturated rings. The third-order valence-electron chi connectivity index (χ3n) is 1.49. The van der Waals surface area contributed by atoms with Crippen molar-refractivity contribution in [3.8, 4) is 23.7 Å². The van der Waals surface area contributed by atoms with E-state index in [1.807, 2.05) is 27.7 Å². The third kappa shape index (κ3) is 10.6. The fraction of sp³-hybridized carbons (Fsp3) is 0.571. The second-order valence-electron chi connectivity index (χ2n) is 4.48. The molecule has 0 N–H and O–H groups in total. The van der Waals surface area contributed by atoms with Gasteiger partial charge in [-0.3, -0.25) is 0 Å². The molecule has 0 spiro atoms. The maximum atomic E-state index is 11.0. The summed E-state index contributed by atoms with van der Waals surface area (Å²) >= 11 is 0. The van der Waals surface area contributed by atoms with E-state index in [0.717, 1.165) is 0 Å². The zero-order valence-electron chi connectivity index (χ0n) is 11.2. The number of rotatable bonds is 4. The summed E-state index contributed by atoms with van der Waals surface area (Å²) in [5, 5.41) is 0. The molecule has 0 aromatic rings. The second-order valence-corrected chi connectivity index (χ2v) is 4.48. The molecule has 0 radical (unpaired) electrons. The van der Waals surface area contributed by atoms with Gasteiger partial charge >= 0.3 is 11.9 Å². The van der Waals surface area contributed by atoms with Crippen LogP contribution in [0.1, 0.15) is 27.7 Å². The van der Waals surface area contributed by atoms with Crippen molar-refractivity contribution < 1.29 is 19.1 Å². The van der Waals surface area contributed by atoms with Crippen molar-refractivity contribution in [3.05, 3.63) is 0 Å². The van der Waals surface area contributed by atoms with E-state index < -0.39 is 11.9 Å². The van der Waals surface area contributed by atoms with Crippen LogP contribution in [0.2, 0.25) is 0 Å². The molecule has 0 unspecified atom stereocenters. The van der Waals surface area contributed by atoms with Crippen molar-refractivity contribution in [1.82, 2.24) is 0 Å². The zero-order chi connectivity index (χ0) is 14.0. The minimum atomic E-state index is -0.645. The van der Waals surface area contributed by atoms with Crippen LogP contribution in [0.5, 0.6) is 0 Å². The van der Waals surface area contributed by atoms with E-state index in [0.29, 0.717) is 13.2 Å². The van der Waals surface area contributed by atoms with Gasteiger partial charge in [-0.25, -0.2) is 9.59 Å². The van der Waals surface area contributed by atoms with Crippen molar-refractivity contribution in [2.24, 2.45) is 11.8 Å². The lowest BCUT2D eigenvalue weighted by molar-refractivity contribution is -0.138. The predicted molar refractivity (Wildman–Crippen MR) is 67.1 cm³/mol. The van der Waals surface area contributed by atoms with Gasteiger partial charge in [0.1, 0.15) is 0 Å². The number of carbonyl (C=O) groups is 2. The summed E-state index contributed by atoms with van der Waals surface area (Å²) in [4.78, 5) is 22.1. The Balaban J connectivity index is 4.02. The number of hydrogen-bond donors (Lipinski definition) is 0. The van der Waals surface area contributed by atoms with Gasteiger partial charge in [0, 0.05) is 11.8 Å². The van der Waals surface area contributed by atoms with E-state index in [1.165, 1.54) is 0 Å². The Morgan fingerprint density at radius 3 is 1.44 bits per heavy atom. The Kier molecular flexibility index (Phi) is 8.14. The summed E-state index contributed by atoms with van der Waals surface area (Å²) in [5.74, 6) is 8.04. The molecule has 0 rings (SSSR count). The summed E-state index contributed by atoms with van der Waals surface area (Å²) in [5.41, 5.74) is 0. The lowest BCUT2D eigenvalue weighted by atomic mass is 10.2. The summed E-state index contributed by atoms with van der Waals surface area (Å²) in [6, 6.07) is 0. The van der Waals surface area contributed by atoms with Gasteiger partial charge in [0.15, 0.2) is 0 Å². The van der Waals surface area contributed by atoms with Crippen molar-refractivity contribution in [3.63, 3.8) is 0 Å². The van der Waals surface area contributed by atoms with Crippen LogP contribution in [0.25, 0.3) is 0 Å². The zero-order valence-corrected chi connectivity index (χ0v) is 11.2. The molecular formula is C14H18O4. The Bertz CT molecular complexity index is 359. The quantitative estimate of drug-likeness (QED) is 0.430. The highest BCUT2D eigenvalue weighted by Crippen LogP contribution is 1.92. The van der Waals surface area contributed by atoms with Crippen molar-refractivity contribution in [1.29, 1.82) is 0 Å². The van der Waals surface area contributed by atoms with E-state index in [1.54, 1.807) is 0 Å². The van der Waals surface area contributed by atoms with E-state index in [4.69, 9.17) is 9.47 Å². The topological polar surface area (TPSA) is 52.6 Å². The second kappa shape index (κ2) is 9.13. The normalized spacial score (nSPS) is 9.00. The first-order valence-electron chi connectivity index (χ1n) is 5.77. The number of ether oxygens (including phenoxy) is 2. The molecule has 0 aliphatic rings. The Morgan fingerprint density at radius 1 is 0.833 bits per heavy atom. The molecular weight excluding hydrogens is 232 g/mol. The molecule has 18 heavy (non-hydrogen) atoms. The molecule has 4 heteroatoms. The summed E-state index contributed by atoms with van der Waals surface area (Å²) in [6.45, 7) is 8.32. The lowest BCUT2D eigenvalue weighted by Crippen LogP contribution is -2.07. The average Bonchev–Trinajstić information content (AvgIpc) is 2.29. The highest BCUT2D eigenvalue weighted by molar-refractivity contribution is 5.91. The van der Waals surface area contributed by atoms with Crippen LogP contribution in [-0.2, 0) is 19.1 Å². The van der Waals surface area contributed by atoms with E-state index >= 15 is 0 Å². The molecule has 0 saturated heterocycles.